The molecule has 3 amide bonds. The summed E-state index contributed by atoms with van der Waals surface area (Å²) in [6.07, 6.45) is 6.84. The van der Waals surface area contributed by atoms with E-state index in [-0.39, 0.29) is 30.1 Å². The van der Waals surface area contributed by atoms with E-state index in [0.29, 0.717) is 25.4 Å². The molecule has 1 saturated heterocycles. The number of ether oxygens (including phenoxy) is 2. The maximum Gasteiger partial charge on any atom is 0.318 e. The third kappa shape index (κ3) is 7.75. The molecule has 0 aromatic heterocycles. The lowest BCUT2D eigenvalue weighted by molar-refractivity contribution is -0.122. The largest absolute Gasteiger partial charge is 0.497 e. The van der Waals surface area contributed by atoms with Crippen molar-refractivity contribution in [2.24, 2.45) is 5.92 Å². The van der Waals surface area contributed by atoms with Gasteiger partial charge in [-0.05, 0) is 42.9 Å². The monoisotopic (exact) mass is 488 g/mol. The zero-order valence-electron chi connectivity index (χ0n) is 22.1. The minimum Gasteiger partial charge on any atom is -0.497 e. The molecule has 0 bridgehead atoms. The van der Waals surface area contributed by atoms with E-state index in [9.17, 15) is 9.59 Å². The molecule has 35 heavy (non-hydrogen) atoms. The van der Waals surface area contributed by atoms with E-state index in [1.165, 1.54) is 19.3 Å². The van der Waals surface area contributed by atoms with Crippen molar-refractivity contribution in [3.8, 4) is 11.5 Å². The topological polar surface area (TPSA) is 83.1 Å². The summed E-state index contributed by atoms with van der Waals surface area (Å²) in [7, 11) is 4.96. The number of piperazine rings is 1. The third-order valence-electron chi connectivity index (χ3n) is 7.15. The molecule has 2 N–H and O–H groups in total. The highest BCUT2D eigenvalue weighted by molar-refractivity contribution is 5.79. The fourth-order valence-electron chi connectivity index (χ4n) is 5.53. The number of nitrogens with zero attached hydrogens (tertiary/aromatic N) is 2. The lowest BCUT2D eigenvalue weighted by Crippen LogP contribution is -2.64. The van der Waals surface area contributed by atoms with Crippen molar-refractivity contribution in [2.45, 2.75) is 83.5 Å². The summed E-state index contributed by atoms with van der Waals surface area (Å²) < 4.78 is 10.9. The molecule has 2 unspecified atom stereocenters. The zero-order valence-corrected chi connectivity index (χ0v) is 22.1. The Morgan fingerprint density at radius 3 is 2.20 bits per heavy atom. The summed E-state index contributed by atoms with van der Waals surface area (Å²) in [5.74, 6) is 1.90. The first-order chi connectivity index (χ1) is 16.8. The SMILES string of the molecule is CNC(=O)CC1CN(Cc2cc(OC)cc(OC)c2)CC(CC(C)C)N1C(=O)NC1CCCCC1. The summed E-state index contributed by atoms with van der Waals surface area (Å²) >= 11 is 0. The van der Waals surface area contributed by atoms with Gasteiger partial charge in [0.2, 0.25) is 5.91 Å². The van der Waals surface area contributed by atoms with Crippen molar-refractivity contribution < 1.29 is 19.1 Å². The minimum atomic E-state index is -0.191. The lowest BCUT2D eigenvalue weighted by atomic mass is 9.94. The Kier molecular flexibility index (Phi) is 10.1. The molecule has 2 aliphatic rings. The van der Waals surface area contributed by atoms with E-state index in [0.717, 1.165) is 42.9 Å². The average Bonchev–Trinajstić information content (AvgIpc) is 2.83. The molecule has 1 saturated carbocycles. The smallest absolute Gasteiger partial charge is 0.318 e. The zero-order chi connectivity index (χ0) is 25.4. The first-order valence-electron chi connectivity index (χ1n) is 13.1. The molecule has 0 radical (unpaired) electrons. The first-order valence-corrected chi connectivity index (χ1v) is 13.1. The Labute approximate surface area is 210 Å². The lowest BCUT2D eigenvalue weighted by Gasteiger charge is -2.47. The number of nitrogens with one attached hydrogen (secondary N) is 2. The van der Waals surface area contributed by atoms with Gasteiger partial charge in [0, 0.05) is 51.3 Å². The molecule has 8 heteroatoms. The molecular formula is C27H44N4O4. The normalized spacial score (nSPS) is 21.6. The molecule has 1 heterocycles. The van der Waals surface area contributed by atoms with Crippen LogP contribution in [0, 0.1) is 5.92 Å². The number of carbonyl (C=O) groups excluding carboxylic acids is 2. The second-order valence-electron chi connectivity index (χ2n) is 10.4. The van der Waals surface area contributed by atoms with Crippen LogP contribution in [0.1, 0.15) is 64.4 Å². The van der Waals surface area contributed by atoms with Crippen molar-refractivity contribution in [2.75, 3.05) is 34.4 Å². The standard InChI is InChI=1S/C27H44N4O4/c1-19(2)11-22-17-30(16-20-12-24(34-4)15-25(13-20)35-5)18-23(14-26(32)28-3)31(22)27(33)29-21-9-7-6-8-10-21/h12-13,15,19,21-23H,6-11,14,16-18H2,1-5H3,(H,28,32)(H,29,33). The van der Waals surface area contributed by atoms with Crippen LogP contribution in [0.2, 0.25) is 0 Å². The van der Waals surface area contributed by atoms with Crippen LogP contribution in [0.4, 0.5) is 4.79 Å². The van der Waals surface area contributed by atoms with Crippen LogP contribution in [0.25, 0.3) is 0 Å². The summed E-state index contributed by atoms with van der Waals surface area (Å²) in [6, 6.07) is 5.98. The molecule has 2 atom stereocenters. The summed E-state index contributed by atoms with van der Waals surface area (Å²) in [5, 5.41) is 6.07. The number of benzene rings is 1. The number of hydrogen-bond acceptors (Lipinski definition) is 5. The van der Waals surface area contributed by atoms with Crippen LogP contribution >= 0.6 is 0 Å². The van der Waals surface area contributed by atoms with E-state index < -0.39 is 0 Å². The van der Waals surface area contributed by atoms with Gasteiger partial charge in [-0.2, -0.15) is 0 Å². The molecule has 8 nitrogen and oxygen atoms in total. The second kappa shape index (κ2) is 13.0. The Morgan fingerprint density at radius 1 is 1.00 bits per heavy atom. The Bertz CT molecular complexity index is 818. The predicted octanol–water partition coefficient (Wildman–Crippen LogP) is 3.78. The fourth-order valence-corrected chi connectivity index (χ4v) is 5.53. The molecule has 1 aromatic rings. The van der Waals surface area contributed by atoms with Crippen LogP contribution in [0.5, 0.6) is 11.5 Å². The predicted molar refractivity (Wildman–Crippen MR) is 138 cm³/mol. The van der Waals surface area contributed by atoms with Gasteiger partial charge in [-0.15, -0.1) is 0 Å². The van der Waals surface area contributed by atoms with Crippen molar-refractivity contribution in [1.29, 1.82) is 0 Å². The van der Waals surface area contributed by atoms with Gasteiger partial charge in [0.1, 0.15) is 11.5 Å². The molecule has 196 valence electrons. The van der Waals surface area contributed by atoms with Gasteiger partial charge in [0.05, 0.1) is 20.3 Å². The average molecular weight is 489 g/mol. The van der Waals surface area contributed by atoms with Crippen molar-refractivity contribution in [1.82, 2.24) is 20.4 Å². The van der Waals surface area contributed by atoms with Crippen LogP contribution in [0.3, 0.4) is 0 Å². The number of urea groups is 1. The Hall–Kier alpha value is -2.48. The van der Waals surface area contributed by atoms with Crippen molar-refractivity contribution in [3.63, 3.8) is 0 Å². The third-order valence-corrected chi connectivity index (χ3v) is 7.15. The van der Waals surface area contributed by atoms with Gasteiger partial charge < -0.3 is 25.0 Å². The van der Waals surface area contributed by atoms with E-state index in [1.54, 1.807) is 21.3 Å². The summed E-state index contributed by atoms with van der Waals surface area (Å²) in [6.45, 7) is 6.48. The summed E-state index contributed by atoms with van der Waals surface area (Å²) in [5.41, 5.74) is 1.09. The van der Waals surface area contributed by atoms with Gasteiger partial charge >= 0.3 is 6.03 Å². The number of carbonyl (C=O) groups is 2. The highest BCUT2D eigenvalue weighted by atomic mass is 16.5. The molecule has 0 spiro atoms. The van der Waals surface area contributed by atoms with E-state index >= 15 is 0 Å². The molecular weight excluding hydrogens is 444 g/mol. The van der Waals surface area contributed by atoms with Gasteiger partial charge in [0.25, 0.3) is 0 Å². The molecule has 1 aliphatic heterocycles. The van der Waals surface area contributed by atoms with E-state index in [2.05, 4.69) is 29.4 Å². The van der Waals surface area contributed by atoms with Crippen LogP contribution in [-0.2, 0) is 11.3 Å². The Balaban J connectivity index is 1.83. The van der Waals surface area contributed by atoms with Crippen molar-refractivity contribution in [3.05, 3.63) is 23.8 Å². The maximum absolute atomic E-state index is 13.6. The molecule has 2 fully saturated rings. The van der Waals surface area contributed by atoms with Crippen LogP contribution < -0.4 is 20.1 Å². The highest BCUT2D eigenvalue weighted by Gasteiger charge is 2.39. The maximum atomic E-state index is 13.6. The van der Waals surface area contributed by atoms with E-state index in [4.69, 9.17) is 9.47 Å². The van der Waals surface area contributed by atoms with Gasteiger partial charge in [-0.3, -0.25) is 9.69 Å². The van der Waals surface area contributed by atoms with Gasteiger partial charge in [0.15, 0.2) is 0 Å². The quantitative estimate of drug-likeness (QED) is 0.553. The van der Waals surface area contributed by atoms with Crippen LogP contribution in [-0.4, -0.2) is 74.2 Å². The summed E-state index contributed by atoms with van der Waals surface area (Å²) in [4.78, 5) is 30.4. The number of methoxy groups -OCH3 is 2. The highest BCUT2D eigenvalue weighted by Crippen LogP contribution is 2.28. The number of rotatable bonds is 9. The molecule has 3 rings (SSSR count). The second-order valence-corrected chi connectivity index (χ2v) is 10.4. The number of amides is 3. The van der Waals surface area contributed by atoms with Crippen LogP contribution in [0.15, 0.2) is 18.2 Å². The first kappa shape index (κ1) is 27.1. The molecule has 1 aromatic carbocycles. The fraction of sp³-hybridized carbons (Fsp3) is 0.704. The van der Waals surface area contributed by atoms with E-state index in [1.807, 2.05) is 23.1 Å². The Morgan fingerprint density at radius 2 is 1.63 bits per heavy atom. The van der Waals surface area contributed by atoms with Gasteiger partial charge in [-0.1, -0.05) is 33.1 Å². The number of hydrogen-bond donors (Lipinski definition) is 2. The van der Waals surface area contributed by atoms with Gasteiger partial charge in [-0.25, -0.2) is 4.79 Å². The van der Waals surface area contributed by atoms with Crippen molar-refractivity contribution >= 4 is 11.9 Å². The molecule has 1 aliphatic carbocycles. The minimum absolute atomic E-state index is 0.0147.